The fraction of sp³-hybridized carbons (Fsp3) is 0.625. The first-order valence-electron chi connectivity index (χ1n) is 7.50. The number of carbonyl (C=O) groups excluding carboxylic acids is 2. The van der Waals surface area contributed by atoms with Crippen LogP contribution in [0.25, 0.3) is 0 Å². The van der Waals surface area contributed by atoms with Crippen molar-refractivity contribution in [1.82, 2.24) is 15.5 Å². The predicted octanol–water partition coefficient (Wildman–Crippen LogP) is 2.41. The fourth-order valence-electron chi connectivity index (χ4n) is 2.07. The highest BCUT2D eigenvalue weighted by Gasteiger charge is 2.17. The highest BCUT2D eigenvalue weighted by atomic mass is 16.2. The maximum atomic E-state index is 11.6. The van der Waals surface area contributed by atoms with Crippen LogP contribution in [-0.2, 0) is 4.79 Å². The Morgan fingerprint density at radius 1 is 1.19 bits per heavy atom. The van der Waals surface area contributed by atoms with Crippen molar-refractivity contribution in [2.24, 2.45) is 5.41 Å². The molecule has 2 N–H and O–H groups in total. The number of urea groups is 1. The van der Waals surface area contributed by atoms with Gasteiger partial charge in [0.05, 0.1) is 0 Å². The second-order valence-corrected chi connectivity index (χ2v) is 6.51. The van der Waals surface area contributed by atoms with Crippen molar-refractivity contribution in [1.29, 1.82) is 0 Å². The van der Waals surface area contributed by atoms with Gasteiger partial charge >= 0.3 is 6.03 Å². The number of hydrogen-bond donors (Lipinski definition) is 2. The number of rotatable bonds is 7. The number of unbranched alkanes of at least 4 members (excludes halogenated alkanes) is 1. The van der Waals surface area contributed by atoms with Crippen LogP contribution in [0.3, 0.4) is 0 Å². The third-order valence-corrected chi connectivity index (χ3v) is 3.29. The minimum Gasteiger partial charge on any atom is -0.338 e. The molecule has 0 aliphatic carbocycles. The van der Waals surface area contributed by atoms with Gasteiger partial charge in [-0.15, -0.1) is 0 Å². The zero-order valence-corrected chi connectivity index (χ0v) is 13.4. The van der Waals surface area contributed by atoms with Crippen LogP contribution in [0.5, 0.6) is 0 Å². The summed E-state index contributed by atoms with van der Waals surface area (Å²) in [5.74, 6) is -0.0793. The number of nitrogens with one attached hydrogen (secondary N) is 2. The summed E-state index contributed by atoms with van der Waals surface area (Å²) >= 11 is 0. The summed E-state index contributed by atoms with van der Waals surface area (Å²) in [6.07, 6.45) is 6.41. The summed E-state index contributed by atoms with van der Waals surface area (Å²) in [6, 6.07) is -0.184. The zero-order valence-electron chi connectivity index (χ0n) is 13.4. The quantitative estimate of drug-likeness (QED) is 0.708. The average Bonchev–Trinajstić information content (AvgIpc) is 2.68. The molecule has 0 bridgehead atoms. The van der Waals surface area contributed by atoms with Crippen LogP contribution in [0, 0.1) is 5.41 Å². The number of hydrogen-bond acceptors (Lipinski definition) is 2. The standard InChI is InChI=1S/C16H27N3O2/c1-13-7-8-14(20)19(13)12-11-18-15(21)17-10-6-5-9-16(2,3)4/h7-8H,1,5-6,9-12H2,2-4H3,(H2,17,18,21). The van der Waals surface area contributed by atoms with Gasteiger partial charge in [0.25, 0.3) is 5.91 Å². The molecule has 1 aliphatic heterocycles. The van der Waals surface area contributed by atoms with E-state index >= 15 is 0 Å². The molecule has 0 fully saturated rings. The Balaban J connectivity index is 2.04. The summed E-state index contributed by atoms with van der Waals surface area (Å²) < 4.78 is 0. The number of nitrogens with zero attached hydrogens (tertiary/aromatic N) is 1. The molecule has 0 atom stereocenters. The first-order valence-corrected chi connectivity index (χ1v) is 7.50. The Hall–Kier alpha value is -1.78. The SMILES string of the molecule is C=C1C=CC(=O)N1CCNC(=O)NCCCCC(C)(C)C. The Bertz CT molecular complexity index is 404. The van der Waals surface area contributed by atoms with Gasteiger partial charge in [0.2, 0.25) is 0 Å². The van der Waals surface area contributed by atoms with Crippen LogP contribution in [0.1, 0.15) is 40.0 Å². The van der Waals surface area contributed by atoms with Crippen molar-refractivity contribution in [3.05, 3.63) is 24.4 Å². The van der Waals surface area contributed by atoms with Crippen LogP contribution >= 0.6 is 0 Å². The summed E-state index contributed by atoms with van der Waals surface area (Å²) in [7, 11) is 0. The molecule has 21 heavy (non-hydrogen) atoms. The molecule has 0 aromatic carbocycles. The van der Waals surface area contributed by atoms with Crippen molar-refractivity contribution in [3.63, 3.8) is 0 Å². The van der Waals surface area contributed by atoms with Crippen molar-refractivity contribution < 1.29 is 9.59 Å². The van der Waals surface area contributed by atoms with E-state index in [9.17, 15) is 9.59 Å². The first kappa shape index (κ1) is 17.3. The van der Waals surface area contributed by atoms with Crippen LogP contribution in [-0.4, -0.2) is 36.5 Å². The highest BCUT2D eigenvalue weighted by Crippen LogP contribution is 2.21. The lowest BCUT2D eigenvalue weighted by Crippen LogP contribution is -2.40. The van der Waals surface area contributed by atoms with Crippen LogP contribution in [0.2, 0.25) is 0 Å². The molecule has 5 nitrogen and oxygen atoms in total. The second kappa shape index (κ2) is 7.86. The number of carbonyl (C=O) groups is 2. The molecular formula is C16H27N3O2. The van der Waals surface area contributed by atoms with E-state index in [1.54, 1.807) is 11.0 Å². The molecular weight excluding hydrogens is 266 g/mol. The van der Waals surface area contributed by atoms with Crippen molar-refractivity contribution in [2.45, 2.75) is 40.0 Å². The molecule has 0 saturated carbocycles. The largest absolute Gasteiger partial charge is 0.338 e. The maximum Gasteiger partial charge on any atom is 0.314 e. The van der Waals surface area contributed by atoms with Gasteiger partial charge in [0.15, 0.2) is 0 Å². The normalized spacial score (nSPS) is 14.7. The lowest BCUT2D eigenvalue weighted by molar-refractivity contribution is -0.123. The molecule has 1 heterocycles. The fourth-order valence-corrected chi connectivity index (χ4v) is 2.07. The van der Waals surface area contributed by atoms with Crippen LogP contribution in [0.15, 0.2) is 24.4 Å². The average molecular weight is 293 g/mol. The number of allylic oxidation sites excluding steroid dienone is 1. The van der Waals surface area contributed by atoms with Crippen LogP contribution in [0.4, 0.5) is 4.79 Å². The van der Waals surface area contributed by atoms with Gasteiger partial charge in [-0.25, -0.2) is 4.79 Å². The maximum absolute atomic E-state index is 11.6. The van der Waals surface area contributed by atoms with E-state index < -0.39 is 0 Å². The van der Waals surface area contributed by atoms with Crippen molar-refractivity contribution in [3.8, 4) is 0 Å². The summed E-state index contributed by atoms with van der Waals surface area (Å²) in [6.45, 7) is 12.0. The molecule has 1 rings (SSSR count). The topological polar surface area (TPSA) is 61.4 Å². The Labute approximate surface area is 127 Å². The molecule has 0 aromatic rings. The van der Waals surface area contributed by atoms with Gasteiger partial charge in [0, 0.05) is 31.4 Å². The van der Waals surface area contributed by atoms with E-state index in [-0.39, 0.29) is 11.9 Å². The Kier molecular flexibility index (Phi) is 6.46. The molecule has 0 aromatic heterocycles. The Morgan fingerprint density at radius 2 is 1.86 bits per heavy atom. The molecule has 0 radical (unpaired) electrons. The Morgan fingerprint density at radius 3 is 2.43 bits per heavy atom. The molecule has 0 saturated heterocycles. The smallest absolute Gasteiger partial charge is 0.314 e. The van der Waals surface area contributed by atoms with E-state index in [2.05, 4.69) is 38.0 Å². The highest BCUT2D eigenvalue weighted by molar-refractivity contribution is 5.93. The van der Waals surface area contributed by atoms with Crippen molar-refractivity contribution in [2.75, 3.05) is 19.6 Å². The van der Waals surface area contributed by atoms with Gasteiger partial charge in [-0.1, -0.05) is 33.8 Å². The monoisotopic (exact) mass is 293 g/mol. The zero-order chi connectivity index (χ0) is 15.9. The molecule has 3 amide bonds. The van der Waals surface area contributed by atoms with Gasteiger partial charge in [-0.2, -0.15) is 0 Å². The molecule has 118 valence electrons. The lowest BCUT2D eigenvalue weighted by Gasteiger charge is -2.18. The van der Waals surface area contributed by atoms with Gasteiger partial charge in [-0.05, 0) is 24.3 Å². The summed E-state index contributed by atoms with van der Waals surface area (Å²) in [5.41, 5.74) is 1.02. The molecule has 0 spiro atoms. The first-order chi connectivity index (χ1) is 9.79. The number of amides is 3. The van der Waals surface area contributed by atoms with Gasteiger partial charge in [0.1, 0.15) is 0 Å². The summed E-state index contributed by atoms with van der Waals surface area (Å²) in [5, 5.41) is 5.57. The molecule has 1 aliphatic rings. The van der Waals surface area contributed by atoms with Crippen LogP contribution < -0.4 is 10.6 Å². The van der Waals surface area contributed by atoms with E-state index in [1.807, 2.05) is 0 Å². The van der Waals surface area contributed by atoms with Crippen molar-refractivity contribution >= 4 is 11.9 Å². The van der Waals surface area contributed by atoms with E-state index in [0.717, 1.165) is 19.3 Å². The minimum atomic E-state index is -0.184. The molecule has 0 unspecified atom stereocenters. The van der Waals surface area contributed by atoms with E-state index in [0.29, 0.717) is 30.7 Å². The molecule has 5 heteroatoms. The predicted molar refractivity (Wildman–Crippen MR) is 84.7 cm³/mol. The lowest BCUT2D eigenvalue weighted by atomic mass is 9.90. The van der Waals surface area contributed by atoms with Gasteiger partial charge < -0.3 is 15.5 Å². The van der Waals surface area contributed by atoms with Gasteiger partial charge in [-0.3, -0.25) is 4.79 Å². The summed E-state index contributed by atoms with van der Waals surface area (Å²) in [4.78, 5) is 24.6. The third kappa shape index (κ3) is 6.97. The minimum absolute atomic E-state index is 0.0793. The third-order valence-electron chi connectivity index (χ3n) is 3.29. The van der Waals surface area contributed by atoms with E-state index in [1.165, 1.54) is 6.08 Å². The second-order valence-electron chi connectivity index (χ2n) is 6.51. The van der Waals surface area contributed by atoms with E-state index in [4.69, 9.17) is 0 Å².